The molecule has 0 saturated carbocycles. The molecule has 2 heteroatoms. The van der Waals surface area contributed by atoms with Crippen LogP contribution in [-0.4, -0.2) is 5.11 Å². The van der Waals surface area contributed by atoms with Crippen molar-refractivity contribution in [2.24, 2.45) is 0 Å². The minimum absolute atomic E-state index is 0.289. The Bertz CT molecular complexity index is 494. The maximum Gasteiger partial charge on any atom is 0.117 e. The van der Waals surface area contributed by atoms with Gasteiger partial charge in [0.05, 0.1) is 0 Å². The normalized spacial score (nSPS) is 10.2. The Balaban J connectivity index is 2.02. The monoisotopic (exact) mass is 227 g/mol. The van der Waals surface area contributed by atoms with Gasteiger partial charge in [-0.25, -0.2) is 0 Å². The molecule has 0 heterocycles. The summed E-state index contributed by atoms with van der Waals surface area (Å²) in [5.74, 6) is 0.289. The molecule has 0 atom stereocenters. The molecule has 17 heavy (non-hydrogen) atoms. The van der Waals surface area contributed by atoms with Crippen molar-refractivity contribution in [3.63, 3.8) is 0 Å². The third-order valence-electron chi connectivity index (χ3n) is 2.74. The summed E-state index contributed by atoms with van der Waals surface area (Å²) in [4.78, 5) is 0. The van der Waals surface area contributed by atoms with Crippen molar-refractivity contribution in [1.29, 1.82) is 0 Å². The molecule has 0 unspecified atom stereocenters. The summed E-state index contributed by atoms with van der Waals surface area (Å²) < 4.78 is 0. The van der Waals surface area contributed by atoms with Crippen LogP contribution in [0.2, 0.25) is 0 Å². The van der Waals surface area contributed by atoms with Crippen LogP contribution in [0.3, 0.4) is 0 Å². The van der Waals surface area contributed by atoms with E-state index in [2.05, 4.69) is 36.5 Å². The zero-order valence-corrected chi connectivity index (χ0v) is 9.98. The third-order valence-corrected chi connectivity index (χ3v) is 2.74. The first-order valence-electron chi connectivity index (χ1n) is 5.88. The number of nitrogens with one attached hydrogen (secondary N) is 1. The van der Waals surface area contributed by atoms with Gasteiger partial charge in [0.1, 0.15) is 5.75 Å². The van der Waals surface area contributed by atoms with Gasteiger partial charge in [-0.3, -0.25) is 0 Å². The first-order chi connectivity index (χ1) is 8.28. The maximum atomic E-state index is 9.35. The highest BCUT2D eigenvalue weighted by molar-refractivity contribution is 5.48. The van der Waals surface area contributed by atoms with Crippen LogP contribution in [0.5, 0.6) is 5.75 Å². The Labute approximate surface area is 102 Å². The highest BCUT2D eigenvalue weighted by atomic mass is 16.3. The summed E-state index contributed by atoms with van der Waals surface area (Å²) in [6, 6.07) is 15.7. The Morgan fingerprint density at radius 3 is 2.53 bits per heavy atom. The minimum atomic E-state index is 0.289. The van der Waals surface area contributed by atoms with Gasteiger partial charge in [0.25, 0.3) is 0 Å². The van der Waals surface area contributed by atoms with Crippen molar-refractivity contribution in [3.05, 3.63) is 59.7 Å². The average Bonchev–Trinajstić information content (AvgIpc) is 2.37. The van der Waals surface area contributed by atoms with Crippen LogP contribution in [0, 0.1) is 0 Å². The van der Waals surface area contributed by atoms with Gasteiger partial charge in [0, 0.05) is 18.3 Å². The zero-order chi connectivity index (χ0) is 12.1. The molecule has 88 valence electrons. The van der Waals surface area contributed by atoms with Crippen molar-refractivity contribution < 1.29 is 5.11 Å². The summed E-state index contributed by atoms with van der Waals surface area (Å²) in [5, 5.41) is 12.6. The summed E-state index contributed by atoms with van der Waals surface area (Å²) in [6.07, 6.45) is 1.06. The fourth-order valence-electron chi connectivity index (χ4n) is 1.78. The standard InChI is InChI=1S/C15H17NO/c1-2-12-5-3-6-13(9-12)11-16-14-7-4-8-15(17)10-14/h3-10,16-17H,2,11H2,1H3. The van der Waals surface area contributed by atoms with E-state index >= 15 is 0 Å². The van der Waals surface area contributed by atoms with Gasteiger partial charge in [-0.15, -0.1) is 0 Å². The molecule has 2 N–H and O–H groups in total. The summed E-state index contributed by atoms with van der Waals surface area (Å²) >= 11 is 0. The first kappa shape index (κ1) is 11.5. The van der Waals surface area contributed by atoms with Crippen LogP contribution in [0.15, 0.2) is 48.5 Å². The molecule has 2 rings (SSSR count). The van der Waals surface area contributed by atoms with Crippen LogP contribution in [-0.2, 0) is 13.0 Å². The van der Waals surface area contributed by atoms with E-state index in [-0.39, 0.29) is 5.75 Å². The second-order valence-corrected chi connectivity index (χ2v) is 4.08. The lowest BCUT2D eigenvalue weighted by Gasteiger charge is -2.08. The van der Waals surface area contributed by atoms with E-state index in [4.69, 9.17) is 0 Å². The Morgan fingerprint density at radius 2 is 1.76 bits per heavy atom. The second kappa shape index (κ2) is 5.39. The van der Waals surface area contributed by atoms with Gasteiger partial charge >= 0.3 is 0 Å². The number of hydrogen-bond acceptors (Lipinski definition) is 2. The van der Waals surface area contributed by atoms with E-state index in [1.54, 1.807) is 12.1 Å². The van der Waals surface area contributed by atoms with Gasteiger partial charge < -0.3 is 10.4 Å². The Morgan fingerprint density at radius 1 is 1.00 bits per heavy atom. The third kappa shape index (κ3) is 3.25. The van der Waals surface area contributed by atoms with Gasteiger partial charge in [0.15, 0.2) is 0 Å². The molecule has 0 aliphatic rings. The number of aryl methyl sites for hydroxylation is 1. The van der Waals surface area contributed by atoms with E-state index in [0.717, 1.165) is 18.7 Å². The van der Waals surface area contributed by atoms with Crippen LogP contribution in [0.4, 0.5) is 5.69 Å². The van der Waals surface area contributed by atoms with Gasteiger partial charge in [0.2, 0.25) is 0 Å². The van der Waals surface area contributed by atoms with Crippen molar-refractivity contribution >= 4 is 5.69 Å². The lowest BCUT2D eigenvalue weighted by atomic mass is 10.1. The number of phenolic OH excluding ortho intramolecular Hbond substituents is 1. The average molecular weight is 227 g/mol. The number of phenols is 1. The van der Waals surface area contributed by atoms with Gasteiger partial charge in [-0.2, -0.15) is 0 Å². The van der Waals surface area contributed by atoms with Crippen molar-refractivity contribution in [1.82, 2.24) is 0 Å². The molecule has 0 saturated heterocycles. The predicted octanol–water partition coefficient (Wildman–Crippen LogP) is 3.57. The fraction of sp³-hybridized carbons (Fsp3) is 0.200. The maximum absolute atomic E-state index is 9.35. The summed E-state index contributed by atoms with van der Waals surface area (Å²) in [5.41, 5.74) is 3.54. The zero-order valence-electron chi connectivity index (χ0n) is 9.98. The van der Waals surface area contributed by atoms with E-state index in [1.165, 1.54) is 11.1 Å². The smallest absolute Gasteiger partial charge is 0.117 e. The van der Waals surface area contributed by atoms with Gasteiger partial charge in [-0.1, -0.05) is 37.3 Å². The number of rotatable bonds is 4. The second-order valence-electron chi connectivity index (χ2n) is 4.08. The van der Waals surface area contributed by atoms with Crippen LogP contribution >= 0.6 is 0 Å². The Kier molecular flexibility index (Phi) is 3.66. The molecule has 0 aromatic heterocycles. The molecular weight excluding hydrogens is 210 g/mol. The molecule has 0 aliphatic carbocycles. The van der Waals surface area contributed by atoms with Crippen molar-refractivity contribution in [2.75, 3.05) is 5.32 Å². The number of benzene rings is 2. The highest BCUT2D eigenvalue weighted by Crippen LogP contribution is 2.16. The lowest BCUT2D eigenvalue weighted by molar-refractivity contribution is 0.475. The molecule has 0 aliphatic heterocycles. The summed E-state index contributed by atoms with van der Waals surface area (Å²) in [6.45, 7) is 2.93. The summed E-state index contributed by atoms with van der Waals surface area (Å²) in [7, 11) is 0. The molecule has 2 nitrogen and oxygen atoms in total. The number of hydrogen-bond donors (Lipinski definition) is 2. The van der Waals surface area contributed by atoms with Crippen molar-refractivity contribution in [2.45, 2.75) is 19.9 Å². The van der Waals surface area contributed by atoms with Crippen LogP contribution < -0.4 is 5.32 Å². The molecule has 2 aromatic rings. The van der Waals surface area contributed by atoms with E-state index in [9.17, 15) is 5.11 Å². The Hall–Kier alpha value is -1.96. The van der Waals surface area contributed by atoms with E-state index in [0.29, 0.717) is 0 Å². The van der Waals surface area contributed by atoms with E-state index in [1.807, 2.05) is 12.1 Å². The fourth-order valence-corrected chi connectivity index (χ4v) is 1.78. The largest absolute Gasteiger partial charge is 0.508 e. The van der Waals surface area contributed by atoms with Gasteiger partial charge in [-0.05, 0) is 29.7 Å². The molecule has 2 aromatic carbocycles. The molecule has 0 amide bonds. The highest BCUT2D eigenvalue weighted by Gasteiger charge is 1.96. The molecule has 0 radical (unpaired) electrons. The van der Waals surface area contributed by atoms with E-state index < -0.39 is 0 Å². The quantitative estimate of drug-likeness (QED) is 0.837. The van der Waals surface area contributed by atoms with Crippen LogP contribution in [0.1, 0.15) is 18.1 Å². The van der Waals surface area contributed by atoms with Crippen LogP contribution in [0.25, 0.3) is 0 Å². The molecule has 0 bridgehead atoms. The molecule has 0 spiro atoms. The topological polar surface area (TPSA) is 32.3 Å². The predicted molar refractivity (Wildman–Crippen MR) is 71.3 cm³/mol. The number of aromatic hydroxyl groups is 1. The number of anilines is 1. The molecule has 0 fully saturated rings. The molecular formula is C15H17NO. The lowest BCUT2D eigenvalue weighted by Crippen LogP contribution is -1.99. The minimum Gasteiger partial charge on any atom is -0.508 e. The van der Waals surface area contributed by atoms with Crippen molar-refractivity contribution in [3.8, 4) is 5.75 Å². The SMILES string of the molecule is CCc1cccc(CNc2cccc(O)c2)c1. The first-order valence-corrected chi connectivity index (χ1v) is 5.88.